The van der Waals surface area contributed by atoms with E-state index in [-0.39, 0.29) is 35.1 Å². The van der Waals surface area contributed by atoms with Crippen molar-refractivity contribution in [1.82, 2.24) is 15.1 Å². The Kier molecular flexibility index (Phi) is 14.6. The molecule has 0 radical (unpaired) electrons. The molecule has 14 heteroatoms. The molecule has 1 aliphatic rings. The highest BCUT2D eigenvalue weighted by Gasteiger charge is 2.60. The van der Waals surface area contributed by atoms with E-state index in [4.69, 9.17) is 13.9 Å². The van der Waals surface area contributed by atoms with Crippen molar-refractivity contribution >= 4 is 71.5 Å². The second kappa shape index (κ2) is 19.4. The minimum Gasteiger partial charge on any atom is -0.497 e. The second-order valence-electron chi connectivity index (χ2n) is 16.3. The van der Waals surface area contributed by atoms with E-state index in [9.17, 15) is 10.4 Å². The van der Waals surface area contributed by atoms with Gasteiger partial charge in [-0.05, 0) is 58.7 Å². The van der Waals surface area contributed by atoms with E-state index in [2.05, 4.69) is 50.1 Å². The van der Waals surface area contributed by atoms with E-state index in [1.807, 2.05) is 110 Å². The van der Waals surface area contributed by atoms with Gasteiger partial charge < -0.3 is 23.9 Å². The van der Waals surface area contributed by atoms with Gasteiger partial charge in [0, 0.05) is 25.0 Å². The summed E-state index contributed by atoms with van der Waals surface area (Å²) >= 11 is 2.70. The van der Waals surface area contributed by atoms with Crippen molar-refractivity contribution in [1.29, 1.82) is 5.26 Å². The van der Waals surface area contributed by atoms with Crippen molar-refractivity contribution in [3.63, 3.8) is 0 Å². The maximum absolute atomic E-state index is 15.6. The molecule has 0 unspecified atom stereocenters. The number of benzene rings is 4. The van der Waals surface area contributed by atoms with Gasteiger partial charge in [-0.2, -0.15) is 5.26 Å². The van der Waals surface area contributed by atoms with Crippen LogP contribution in [0.2, 0.25) is 18.1 Å². The number of β-lactam (4-membered cyclic amide) rings is 1. The quantitative estimate of drug-likeness (QED) is 0.0327. The summed E-state index contributed by atoms with van der Waals surface area (Å²) in [6.45, 7) is 9.26. The van der Waals surface area contributed by atoms with E-state index in [1.165, 1.54) is 23.1 Å². The van der Waals surface area contributed by atoms with Gasteiger partial charge in [0.05, 0.1) is 37.3 Å². The topological polar surface area (TPSA) is 135 Å². The molecule has 0 spiro atoms. The third kappa shape index (κ3) is 9.35. The second-order valence-corrected chi connectivity index (χ2v) is 26.5. The maximum Gasteiger partial charge on any atom is 0.356 e. The molecule has 1 fully saturated rings. The first-order valence-corrected chi connectivity index (χ1v) is 26.5. The number of nitriles is 1. The lowest BCUT2D eigenvalue weighted by molar-refractivity contribution is -0.163. The van der Waals surface area contributed by atoms with Gasteiger partial charge in [-0.15, -0.1) is 10.2 Å². The zero-order valence-electron chi connectivity index (χ0n) is 35.1. The number of methoxy groups -OCH3 is 1. The molecule has 314 valence electrons. The van der Waals surface area contributed by atoms with Gasteiger partial charge in [-0.25, -0.2) is 4.79 Å². The third-order valence-corrected chi connectivity index (χ3v) is 22.4. The number of hydrogen-bond acceptors (Lipinski definition) is 11. The summed E-state index contributed by atoms with van der Waals surface area (Å²) < 4.78 is 19.4. The monoisotopic (exact) mass is 880 g/mol. The fourth-order valence-corrected chi connectivity index (χ4v) is 15.0. The number of likely N-dealkylation sites (tertiary alicyclic amines) is 1. The zero-order chi connectivity index (χ0) is 43.1. The molecule has 0 saturated carbocycles. The fourth-order valence-electron chi connectivity index (χ4n) is 7.63. The number of aliphatic hydroxyl groups excluding tert-OH is 1. The molecule has 1 amide bonds. The molecule has 6 rings (SSSR count). The zero-order valence-corrected chi connectivity index (χ0v) is 38.6. The Morgan fingerprint density at radius 3 is 1.97 bits per heavy atom. The Morgan fingerprint density at radius 2 is 1.50 bits per heavy atom. The van der Waals surface area contributed by atoms with Crippen LogP contribution in [-0.2, 0) is 25.4 Å². The molecule has 0 bridgehead atoms. The summed E-state index contributed by atoms with van der Waals surface area (Å²) in [7, 11) is -0.853. The summed E-state index contributed by atoms with van der Waals surface area (Å²) in [4.78, 5) is 32.7. The number of aliphatic hydroxyl groups is 1. The Labute approximate surface area is 363 Å². The Bertz CT molecular complexity index is 2200. The highest BCUT2D eigenvalue weighted by atomic mass is 32.2. The largest absolute Gasteiger partial charge is 0.497 e. The molecule has 60 heavy (non-hydrogen) atoms. The smallest absolute Gasteiger partial charge is 0.356 e. The van der Waals surface area contributed by atoms with Crippen molar-refractivity contribution in [2.75, 3.05) is 12.9 Å². The molecule has 1 aliphatic heterocycles. The Hall–Kier alpha value is -4.54. The summed E-state index contributed by atoms with van der Waals surface area (Å²) in [5, 5.41) is 33.1. The van der Waals surface area contributed by atoms with Gasteiger partial charge in [-0.3, -0.25) is 4.79 Å². The van der Waals surface area contributed by atoms with E-state index in [1.54, 1.807) is 29.7 Å². The van der Waals surface area contributed by atoms with Gasteiger partial charge >= 0.3 is 5.97 Å². The average molecular weight is 881 g/mol. The van der Waals surface area contributed by atoms with Gasteiger partial charge in [0.25, 0.3) is 0 Å². The summed E-state index contributed by atoms with van der Waals surface area (Å²) in [5.74, 6) is -1.69. The number of aromatic nitrogens is 2. The van der Waals surface area contributed by atoms with Crippen molar-refractivity contribution in [2.24, 2.45) is 11.8 Å². The molecular weight excluding hydrogens is 828 g/mol. The van der Waals surface area contributed by atoms with Crippen molar-refractivity contribution in [3.8, 4) is 11.8 Å². The summed E-state index contributed by atoms with van der Waals surface area (Å²) in [5.41, 5.74) is 2.54. The number of nitrogens with zero attached hydrogens (tertiary/aromatic N) is 4. The normalized spacial score (nSPS) is 17.2. The standard InChI is InChI=1S/C46H53N4O6PS2Si/c1-32(56-60(6,7)46(2,3)4)40-41(38(27-28-47)39(51)30-58-45-49-48-31-59-45)50(42(40)52)43(44(53)55-29-33-23-25-34(54-5)26-24-33)57(35-17-11-8-12-18-35,36-19-13-9-14-20-36)37-21-15-10-16-22-37/h8-26,31-32,38-41,51H,27,29-30H2,1-7H3/t32-,38+,39+,40-,41-/m1/s1. The van der Waals surface area contributed by atoms with E-state index in [0.717, 1.165) is 21.5 Å². The van der Waals surface area contributed by atoms with Crippen LogP contribution in [0.5, 0.6) is 5.75 Å². The molecule has 10 nitrogen and oxygen atoms in total. The lowest BCUT2D eigenvalue weighted by Gasteiger charge is -2.55. The molecule has 1 saturated heterocycles. The Balaban J connectivity index is 1.64. The van der Waals surface area contributed by atoms with Gasteiger partial charge in [0.15, 0.2) is 12.7 Å². The molecule has 4 aromatic carbocycles. The van der Waals surface area contributed by atoms with Crippen LogP contribution in [0.3, 0.4) is 0 Å². The van der Waals surface area contributed by atoms with Crippen molar-refractivity contribution in [3.05, 3.63) is 126 Å². The number of carbonyl (C=O) groups is 2. The summed E-state index contributed by atoms with van der Waals surface area (Å²) in [6, 6.07) is 38.2. The van der Waals surface area contributed by atoms with Crippen LogP contribution in [0.15, 0.2) is 125 Å². The van der Waals surface area contributed by atoms with E-state index >= 15 is 9.59 Å². The predicted molar refractivity (Wildman–Crippen MR) is 245 cm³/mol. The lowest BCUT2D eigenvalue weighted by Crippen LogP contribution is -2.72. The van der Waals surface area contributed by atoms with Gasteiger partial charge in [0.2, 0.25) is 5.91 Å². The fraction of sp³-hybridized carbons (Fsp3) is 0.348. The summed E-state index contributed by atoms with van der Waals surface area (Å²) in [6.07, 6.45) is -1.76. The molecule has 1 N–H and O–H groups in total. The molecule has 2 heterocycles. The lowest BCUT2D eigenvalue weighted by atomic mass is 9.73. The molecule has 0 aliphatic carbocycles. The minimum absolute atomic E-state index is 0.0750. The SMILES string of the molecule is COc1ccc(COC(=O)C(N2C(=O)[C@H]([C@@H](C)O[Si](C)(C)C(C)(C)C)[C@H]2[C@@H](CC#N)[C@@H](O)CSc2nncs2)=P(c2ccccc2)(c2ccccc2)c2ccccc2)cc1. The molecular formula is C46H53N4O6PS2Si. The predicted octanol–water partition coefficient (Wildman–Crippen LogP) is 7.63. The van der Waals surface area contributed by atoms with Crippen LogP contribution in [0, 0.1) is 23.2 Å². The minimum atomic E-state index is -3.31. The third-order valence-electron chi connectivity index (χ3n) is 11.6. The van der Waals surface area contributed by atoms with Crippen LogP contribution >= 0.6 is 30.0 Å². The number of amides is 1. The van der Waals surface area contributed by atoms with Crippen molar-refractivity contribution < 1.29 is 28.6 Å². The first kappa shape index (κ1) is 45.0. The molecule has 5 atom stereocenters. The van der Waals surface area contributed by atoms with Crippen LogP contribution in [0.25, 0.3) is 0 Å². The number of ether oxygens (including phenoxy) is 2. The van der Waals surface area contributed by atoms with E-state index < -0.39 is 51.3 Å². The highest BCUT2D eigenvalue weighted by Crippen LogP contribution is 2.52. The number of carbonyl (C=O) groups excluding carboxylic acids is 2. The van der Waals surface area contributed by atoms with Crippen molar-refractivity contribution in [2.45, 2.75) is 81.4 Å². The van der Waals surface area contributed by atoms with Crippen LogP contribution in [-0.4, -0.2) is 76.9 Å². The first-order chi connectivity index (χ1) is 28.7. The number of thioether (sulfide) groups is 1. The highest BCUT2D eigenvalue weighted by molar-refractivity contribution is 8.01. The van der Waals surface area contributed by atoms with Gasteiger partial charge in [0.1, 0.15) is 23.3 Å². The number of esters is 1. The first-order valence-electron chi connectivity index (χ1n) is 19.9. The maximum atomic E-state index is 15.6. The average Bonchev–Trinajstić information content (AvgIpc) is 3.78. The Morgan fingerprint density at radius 1 is 0.950 bits per heavy atom. The van der Waals surface area contributed by atoms with Crippen LogP contribution < -0.4 is 20.7 Å². The van der Waals surface area contributed by atoms with E-state index in [0.29, 0.717) is 10.1 Å². The van der Waals surface area contributed by atoms with Crippen LogP contribution in [0.4, 0.5) is 0 Å². The molecule has 5 aromatic rings. The number of hydrogen-bond donors (Lipinski definition) is 1. The number of rotatable bonds is 17. The van der Waals surface area contributed by atoms with Crippen LogP contribution in [0.1, 0.15) is 39.7 Å². The molecule has 1 aromatic heterocycles. The van der Waals surface area contributed by atoms with Gasteiger partial charge in [-0.1, -0.05) is 147 Å².